The fourth-order valence-electron chi connectivity index (χ4n) is 3.85. The lowest BCUT2D eigenvalue weighted by Crippen LogP contribution is -2.49. The number of halogens is 1. The molecule has 164 valence electrons. The van der Waals surface area contributed by atoms with Crippen molar-refractivity contribution in [2.45, 2.75) is 0 Å². The zero-order valence-electron chi connectivity index (χ0n) is 17.4. The number of aromatic nitrogens is 7. The molecular formula is C20H21ClN10O. The molecule has 1 amide bonds. The van der Waals surface area contributed by atoms with Crippen LogP contribution in [-0.2, 0) is 11.8 Å². The molecule has 1 saturated heterocycles. The highest BCUT2D eigenvalue weighted by atomic mass is 35.5. The van der Waals surface area contributed by atoms with E-state index in [9.17, 15) is 4.79 Å². The summed E-state index contributed by atoms with van der Waals surface area (Å²) in [5, 5.41) is 12.8. The molecule has 0 atom stereocenters. The topological polar surface area (TPSA) is 110 Å². The molecule has 1 aromatic carbocycles. The van der Waals surface area contributed by atoms with Crippen molar-refractivity contribution in [1.82, 2.24) is 39.4 Å². The van der Waals surface area contributed by atoms with E-state index >= 15 is 0 Å². The van der Waals surface area contributed by atoms with Gasteiger partial charge in [0.25, 0.3) is 0 Å². The Morgan fingerprint density at radius 2 is 1.97 bits per heavy atom. The van der Waals surface area contributed by atoms with Gasteiger partial charge in [-0.3, -0.25) is 14.4 Å². The lowest BCUT2D eigenvalue weighted by molar-refractivity contribution is -0.117. The summed E-state index contributed by atoms with van der Waals surface area (Å²) in [6.45, 7) is 3.28. The predicted octanol–water partition coefficient (Wildman–Crippen LogP) is 1.36. The number of nitrogens with zero attached hydrogens (tertiary/aromatic N) is 9. The highest BCUT2D eigenvalue weighted by molar-refractivity contribution is 6.31. The molecule has 1 aliphatic rings. The Labute approximate surface area is 188 Å². The summed E-state index contributed by atoms with van der Waals surface area (Å²) in [6.07, 6.45) is 6.38. The van der Waals surface area contributed by atoms with Gasteiger partial charge in [-0.1, -0.05) is 11.6 Å². The van der Waals surface area contributed by atoms with Crippen molar-refractivity contribution in [2.24, 2.45) is 7.05 Å². The van der Waals surface area contributed by atoms with Gasteiger partial charge in [-0.05, 0) is 18.2 Å². The third-order valence-electron chi connectivity index (χ3n) is 5.45. The van der Waals surface area contributed by atoms with Gasteiger partial charge in [-0.2, -0.15) is 10.2 Å². The number of nitrogens with one attached hydrogen (secondary N) is 1. The van der Waals surface area contributed by atoms with Crippen LogP contribution in [0.25, 0.3) is 16.7 Å². The van der Waals surface area contributed by atoms with Crippen molar-refractivity contribution in [3.8, 4) is 5.69 Å². The van der Waals surface area contributed by atoms with E-state index in [1.807, 2.05) is 7.05 Å². The number of fused-ring (bicyclic) bond motifs is 1. The number of hydrogen-bond acceptors (Lipinski definition) is 8. The summed E-state index contributed by atoms with van der Waals surface area (Å²) in [4.78, 5) is 29.8. The maximum absolute atomic E-state index is 12.8. The zero-order valence-corrected chi connectivity index (χ0v) is 18.1. The fourth-order valence-corrected chi connectivity index (χ4v) is 4.03. The number of benzene rings is 1. The van der Waals surface area contributed by atoms with Crippen molar-refractivity contribution in [3.05, 3.63) is 48.4 Å². The van der Waals surface area contributed by atoms with Gasteiger partial charge in [0.2, 0.25) is 5.91 Å². The van der Waals surface area contributed by atoms with E-state index in [-0.39, 0.29) is 12.5 Å². The maximum atomic E-state index is 12.8. The van der Waals surface area contributed by atoms with Crippen molar-refractivity contribution in [3.63, 3.8) is 0 Å². The molecule has 1 fully saturated rings. The van der Waals surface area contributed by atoms with E-state index < -0.39 is 0 Å². The maximum Gasteiger partial charge on any atom is 0.238 e. The number of hydrogen-bond donors (Lipinski definition) is 1. The van der Waals surface area contributed by atoms with Crippen LogP contribution >= 0.6 is 11.6 Å². The van der Waals surface area contributed by atoms with Gasteiger partial charge in [0.1, 0.15) is 24.8 Å². The molecule has 11 nitrogen and oxygen atoms in total. The van der Waals surface area contributed by atoms with E-state index in [2.05, 4.69) is 40.3 Å². The summed E-state index contributed by atoms with van der Waals surface area (Å²) < 4.78 is 3.33. The average Bonchev–Trinajstić information content (AvgIpc) is 3.45. The Kier molecular flexibility index (Phi) is 5.41. The first-order valence-corrected chi connectivity index (χ1v) is 10.5. The molecule has 0 bridgehead atoms. The van der Waals surface area contributed by atoms with Gasteiger partial charge in [0.15, 0.2) is 5.65 Å². The average molecular weight is 453 g/mol. The second kappa shape index (κ2) is 8.52. The molecule has 0 saturated carbocycles. The molecule has 0 radical (unpaired) electrons. The minimum Gasteiger partial charge on any atom is -0.353 e. The zero-order chi connectivity index (χ0) is 22.1. The number of aryl methyl sites for hydroxylation is 1. The Hall–Kier alpha value is -3.57. The highest BCUT2D eigenvalue weighted by Crippen LogP contribution is 2.25. The number of carbonyl (C=O) groups is 1. The van der Waals surface area contributed by atoms with Crippen LogP contribution in [-0.4, -0.2) is 78.0 Å². The largest absolute Gasteiger partial charge is 0.353 e. The molecule has 1 aliphatic heterocycles. The third kappa shape index (κ3) is 3.99. The number of piperazine rings is 1. The molecule has 0 aliphatic carbocycles. The van der Waals surface area contributed by atoms with Crippen LogP contribution in [0.4, 0.5) is 11.5 Å². The molecule has 5 rings (SSSR count). The normalized spacial score (nSPS) is 14.8. The van der Waals surface area contributed by atoms with Gasteiger partial charge < -0.3 is 10.2 Å². The van der Waals surface area contributed by atoms with Crippen LogP contribution in [0.3, 0.4) is 0 Å². The second-order valence-corrected chi connectivity index (χ2v) is 7.95. The van der Waals surface area contributed by atoms with Gasteiger partial charge in [0, 0.05) is 38.2 Å². The molecule has 4 heterocycles. The Balaban J connectivity index is 1.23. The molecule has 1 N–H and O–H groups in total. The van der Waals surface area contributed by atoms with Crippen molar-refractivity contribution in [2.75, 3.05) is 42.9 Å². The number of carbonyl (C=O) groups excluding carboxylic acids is 1. The summed E-state index contributed by atoms with van der Waals surface area (Å²) in [5.74, 6) is 0.766. The van der Waals surface area contributed by atoms with E-state index in [1.54, 1.807) is 46.4 Å². The van der Waals surface area contributed by atoms with Crippen LogP contribution in [0.1, 0.15) is 0 Å². The molecule has 4 aromatic rings. The van der Waals surface area contributed by atoms with Crippen LogP contribution in [0.2, 0.25) is 5.02 Å². The SMILES string of the molecule is Cn1ncc2c(N3CCN(CC(=O)Nc4cc(Cl)ccc4-n4cncn4)CC3)ncnc21. The Morgan fingerprint density at radius 3 is 2.75 bits per heavy atom. The van der Waals surface area contributed by atoms with Gasteiger partial charge in [-0.15, -0.1) is 0 Å². The van der Waals surface area contributed by atoms with Crippen molar-refractivity contribution < 1.29 is 4.79 Å². The summed E-state index contributed by atoms with van der Waals surface area (Å²) >= 11 is 6.14. The van der Waals surface area contributed by atoms with E-state index in [0.29, 0.717) is 16.4 Å². The monoisotopic (exact) mass is 452 g/mol. The first kappa shape index (κ1) is 20.3. The first-order valence-electron chi connectivity index (χ1n) is 10.1. The quantitative estimate of drug-likeness (QED) is 0.483. The van der Waals surface area contributed by atoms with E-state index in [1.165, 1.54) is 6.33 Å². The van der Waals surface area contributed by atoms with Gasteiger partial charge in [-0.25, -0.2) is 19.6 Å². The molecule has 3 aromatic heterocycles. The molecule has 0 spiro atoms. The molecule has 12 heteroatoms. The number of anilines is 2. The van der Waals surface area contributed by atoms with Gasteiger partial charge in [0.05, 0.1) is 29.5 Å². The summed E-state index contributed by atoms with van der Waals surface area (Å²) in [7, 11) is 1.86. The first-order chi connectivity index (χ1) is 15.6. The van der Waals surface area contributed by atoms with E-state index in [4.69, 9.17) is 11.6 Å². The highest BCUT2D eigenvalue weighted by Gasteiger charge is 2.22. The van der Waals surface area contributed by atoms with Crippen LogP contribution in [0.5, 0.6) is 0 Å². The van der Waals surface area contributed by atoms with Crippen LogP contribution < -0.4 is 10.2 Å². The van der Waals surface area contributed by atoms with Crippen molar-refractivity contribution >= 4 is 40.0 Å². The van der Waals surface area contributed by atoms with Crippen LogP contribution in [0, 0.1) is 0 Å². The minimum absolute atomic E-state index is 0.112. The lowest BCUT2D eigenvalue weighted by atomic mass is 10.2. The number of rotatable bonds is 5. The predicted molar refractivity (Wildman–Crippen MR) is 120 cm³/mol. The fraction of sp³-hybridized carbons (Fsp3) is 0.300. The third-order valence-corrected chi connectivity index (χ3v) is 5.68. The second-order valence-electron chi connectivity index (χ2n) is 7.52. The Morgan fingerprint density at radius 1 is 1.12 bits per heavy atom. The standard InChI is InChI=1S/C20H21ClN10O/c1-28-19-15(9-25-28)20(24-12-23-19)30-6-4-29(5-7-30)10-18(32)27-16-8-14(21)2-3-17(16)31-13-22-11-26-31/h2-3,8-9,11-13H,4-7,10H2,1H3,(H,27,32). The van der Waals surface area contributed by atoms with Gasteiger partial charge >= 0.3 is 0 Å². The van der Waals surface area contributed by atoms with E-state index in [0.717, 1.165) is 43.0 Å². The lowest BCUT2D eigenvalue weighted by Gasteiger charge is -2.35. The smallest absolute Gasteiger partial charge is 0.238 e. The molecule has 32 heavy (non-hydrogen) atoms. The molecule has 0 unspecified atom stereocenters. The minimum atomic E-state index is -0.112. The van der Waals surface area contributed by atoms with Crippen molar-refractivity contribution in [1.29, 1.82) is 0 Å². The molecular weight excluding hydrogens is 432 g/mol. The number of amides is 1. The summed E-state index contributed by atoms with van der Waals surface area (Å²) in [6, 6.07) is 5.26. The summed E-state index contributed by atoms with van der Waals surface area (Å²) in [5.41, 5.74) is 2.10. The van der Waals surface area contributed by atoms with Crippen LogP contribution in [0.15, 0.2) is 43.4 Å². The Bertz CT molecular complexity index is 1250.